The summed E-state index contributed by atoms with van der Waals surface area (Å²) in [6.07, 6.45) is 3.01. The van der Waals surface area contributed by atoms with Crippen LogP contribution in [0.15, 0.2) is 83.4 Å². The van der Waals surface area contributed by atoms with Crippen LogP contribution in [0.1, 0.15) is 44.7 Å². The summed E-state index contributed by atoms with van der Waals surface area (Å²) in [5.41, 5.74) is 6.80. The summed E-state index contributed by atoms with van der Waals surface area (Å²) in [4.78, 5) is 4.80. The number of pyridine rings is 1. The maximum absolute atomic E-state index is 6.35. The summed E-state index contributed by atoms with van der Waals surface area (Å²) in [6.45, 7) is 9.00. The maximum Gasteiger partial charge on any atom is 0.135 e. The van der Waals surface area contributed by atoms with Crippen molar-refractivity contribution in [2.24, 2.45) is 5.92 Å². The summed E-state index contributed by atoms with van der Waals surface area (Å²) >= 11 is 0. The highest BCUT2D eigenvalue weighted by molar-refractivity contribution is 5.98. The Hall–Kier alpha value is -3.39. The van der Waals surface area contributed by atoms with E-state index in [0.717, 1.165) is 34.6 Å². The fourth-order valence-corrected chi connectivity index (χ4v) is 4.58. The second-order valence-corrected chi connectivity index (χ2v) is 9.42. The number of hydrogen-bond acceptors (Lipinski definition) is 2. The van der Waals surface area contributed by atoms with Crippen molar-refractivity contribution in [2.75, 3.05) is 0 Å². The first-order chi connectivity index (χ1) is 15.5. The van der Waals surface area contributed by atoms with E-state index in [4.69, 9.17) is 9.40 Å². The SMILES string of the molecule is CC(C)Cc1ccc2c(-c3cc(C(C)C)c4cc(-c5ccccc5)oc4c3)nccc2c1. The van der Waals surface area contributed by atoms with Gasteiger partial charge in [-0.05, 0) is 59.0 Å². The molecule has 160 valence electrons. The molecular formula is C30H29NO. The molecule has 5 rings (SSSR count). The van der Waals surface area contributed by atoms with Crippen molar-refractivity contribution in [3.8, 4) is 22.6 Å². The molecule has 3 aromatic carbocycles. The van der Waals surface area contributed by atoms with Crippen LogP contribution >= 0.6 is 0 Å². The molecule has 0 aliphatic carbocycles. The molecule has 0 unspecified atom stereocenters. The molecule has 0 aliphatic heterocycles. The van der Waals surface area contributed by atoms with Crippen LogP contribution in [0.3, 0.4) is 0 Å². The Morgan fingerprint density at radius 2 is 1.59 bits per heavy atom. The van der Waals surface area contributed by atoms with E-state index in [1.807, 2.05) is 24.4 Å². The Balaban J connectivity index is 1.68. The van der Waals surface area contributed by atoms with Crippen molar-refractivity contribution in [2.45, 2.75) is 40.0 Å². The summed E-state index contributed by atoms with van der Waals surface area (Å²) in [5, 5.41) is 3.61. The van der Waals surface area contributed by atoms with Gasteiger partial charge in [-0.2, -0.15) is 0 Å². The average molecular weight is 420 g/mol. The van der Waals surface area contributed by atoms with Crippen LogP contribution in [0.5, 0.6) is 0 Å². The first kappa shape index (κ1) is 20.5. The van der Waals surface area contributed by atoms with Gasteiger partial charge in [-0.25, -0.2) is 0 Å². The Kier molecular flexibility index (Phi) is 5.30. The fourth-order valence-electron chi connectivity index (χ4n) is 4.58. The molecule has 0 aliphatic rings. The molecule has 0 amide bonds. The number of benzene rings is 3. The zero-order valence-corrected chi connectivity index (χ0v) is 19.2. The third-order valence-electron chi connectivity index (χ3n) is 6.10. The summed E-state index contributed by atoms with van der Waals surface area (Å²) in [6, 6.07) is 25.8. The molecular weight excluding hydrogens is 390 g/mol. The minimum absolute atomic E-state index is 0.381. The summed E-state index contributed by atoms with van der Waals surface area (Å²) in [7, 11) is 0. The van der Waals surface area contributed by atoms with E-state index in [2.05, 4.69) is 82.3 Å². The van der Waals surface area contributed by atoms with Gasteiger partial charge in [0.25, 0.3) is 0 Å². The molecule has 32 heavy (non-hydrogen) atoms. The fraction of sp³-hybridized carbons (Fsp3) is 0.233. The quantitative estimate of drug-likeness (QED) is 0.285. The molecule has 2 heterocycles. The monoisotopic (exact) mass is 419 g/mol. The molecule has 0 saturated heterocycles. The van der Waals surface area contributed by atoms with Gasteiger partial charge in [0, 0.05) is 28.1 Å². The van der Waals surface area contributed by atoms with E-state index in [-0.39, 0.29) is 0 Å². The van der Waals surface area contributed by atoms with Crippen molar-refractivity contribution in [3.63, 3.8) is 0 Å². The Morgan fingerprint density at radius 3 is 2.34 bits per heavy atom. The largest absolute Gasteiger partial charge is 0.456 e. The smallest absolute Gasteiger partial charge is 0.135 e. The van der Waals surface area contributed by atoms with Gasteiger partial charge in [0.2, 0.25) is 0 Å². The van der Waals surface area contributed by atoms with Gasteiger partial charge in [-0.3, -0.25) is 4.98 Å². The molecule has 2 heteroatoms. The second kappa shape index (κ2) is 8.27. The van der Waals surface area contributed by atoms with Gasteiger partial charge in [0.15, 0.2) is 0 Å². The van der Waals surface area contributed by atoms with Crippen LogP contribution < -0.4 is 0 Å². The van der Waals surface area contributed by atoms with E-state index < -0.39 is 0 Å². The van der Waals surface area contributed by atoms with Crippen molar-refractivity contribution in [1.82, 2.24) is 4.98 Å². The van der Waals surface area contributed by atoms with Crippen LogP contribution in [0.25, 0.3) is 44.3 Å². The van der Waals surface area contributed by atoms with Crippen molar-refractivity contribution < 1.29 is 4.42 Å². The molecule has 0 radical (unpaired) electrons. The molecule has 0 fully saturated rings. The van der Waals surface area contributed by atoms with Gasteiger partial charge < -0.3 is 4.42 Å². The molecule has 2 aromatic heterocycles. The molecule has 5 aromatic rings. The number of rotatable bonds is 5. The highest BCUT2D eigenvalue weighted by Crippen LogP contribution is 2.37. The lowest BCUT2D eigenvalue weighted by atomic mass is 9.93. The number of hydrogen-bond donors (Lipinski definition) is 0. The maximum atomic E-state index is 6.35. The van der Waals surface area contributed by atoms with Crippen molar-refractivity contribution >= 4 is 21.7 Å². The summed E-state index contributed by atoms with van der Waals surface area (Å²) < 4.78 is 6.35. The number of furan rings is 1. The predicted octanol–water partition coefficient (Wildman–Crippen LogP) is 8.64. The standard InChI is InChI=1S/C30H29NO/c1-19(2)14-21-10-11-25-23(15-21)12-13-31-30(25)24-16-26(20(3)4)27-18-28(32-29(27)17-24)22-8-6-5-7-9-22/h5-13,15-20H,14H2,1-4H3. The van der Waals surface area contributed by atoms with Gasteiger partial charge >= 0.3 is 0 Å². The van der Waals surface area contributed by atoms with Crippen LogP contribution in [0.4, 0.5) is 0 Å². The van der Waals surface area contributed by atoms with Crippen LogP contribution in [0, 0.1) is 5.92 Å². The first-order valence-corrected chi connectivity index (χ1v) is 11.5. The zero-order valence-electron chi connectivity index (χ0n) is 19.2. The van der Waals surface area contributed by atoms with Gasteiger partial charge in [0.05, 0.1) is 5.69 Å². The average Bonchev–Trinajstić information content (AvgIpc) is 3.22. The van der Waals surface area contributed by atoms with E-state index in [1.54, 1.807) is 0 Å². The second-order valence-electron chi connectivity index (χ2n) is 9.42. The third kappa shape index (κ3) is 3.82. The van der Waals surface area contributed by atoms with Crippen molar-refractivity contribution in [1.29, 1.82) is 0 Å². The molecule has 0 bridgehead atoms. The minimum Gasteiger partial charge on any atom is -0.456 e. The number of fused-ring (bicyclic) bond motifs is 2. The van der Waals surface area contributed by atoms with Gasteiger partial charge in [-0.1, -0.05) is 76.2 Å². The summed E-state index contributed by atoms with van der Waals surface area (Å²) in [5.74, 6) is 1.93. The molecule has 0 saturated carbocycles. The van der Waals surface area contributed by atoms with Gasteiger partial charge in [-0.15, -0.1) is 0 Å². The Labute approximate surface area is 189 Å². The third-order valence-corrected chi connectivity index (χ3v) is 6.10. The highest BCUT2D eigenvalue weighted by atomic mass is 16.3. The van der Waals surface area contributed by atoms with E-state index >= 15 is 0 Å². The molecule has 0 N–H and O–H groups in total. The normalized spacial score (nSPS) is 11.8. The topological polar surface area (TPSA) is 26.0 Å². The lowest BCUT2D eigenvalue weighted by Gasteiger charge is -2.12. The molecule has 0 atom stereocenters. The molecule has 0 spiro atoms. The van der Waals surface area contributed by atoms with E-state index in [1.165, 1.54) is 27.3 Å². The van der Waals surface area contributed by atoms with Gasteiger partial charge in [0.1, 0.15) is 11.3 Å². The van der Waals surface area contributed by atoms with Crippen LogP contribution in [-0.4, -0.2) is 4.98 Å². The minimum atomic E-state index is 0.381. The zero-order chi connectivity index (χ0) is 22.2. The van der Waals surface area contributed by atoms with Crippen LogP contribution in [-0.2, 0) is 6.42 Å². The lowest BCUT2D eigenvalue weighted by Crippen LogP contribution is -1.95. The highest BCUT2D eigenvalue weighted by Gasteiger charge is 2.16. The number of aromatic nitrogens is 1. The lowest BCUT2D eigenvalue weighted by molar-refractivity contribution is 0.631. The predicted molar refractivity (Wildman–Crippen MR) is 135 cm³/mol. The first-order valence-electron chi connectivity index (χ1n) is 11.5. The molecule has 2 nitrogen and oxygen atoms in total. The van der Waals surface area contributed by atoms with Crippen LogP contribution in [0.2, 0.25) is 0 Å². The number of nitrogens with zero attached hydrogens (tertiary/aromatic N) is 1. The van der Waals surface area contributed by atoms with Crippen molar-refractivity contribution in [3.05, 3.63) is 90.1 Å². The van der Waals surface area contributed by atoms with E-state index in [0.29, 0.717) is 11.8 Å². The Morgan fingerprint density at radius 1 is 0.781 bits per heavy atom. The van der Waals surface area contributed by atoms with E-state index in [9.17, 15) is 0 Å². The Bertz CT molecular complexity index is 1390.